The van der Waals surface area contributed by atoms with E-state index in [0.29, 0.717) is 32.1 Å². The highest BCUT2D eigenvalue weighted by atomic mass is 16.5. The van der Waals surface area contributed by atoms with Gasteiger partial charge < -0.3 is 70.5 Å². The molecule has 1 heterocycles. The van der Waals surface area contributed by atoms with Crippen LogP contribution in [-0.4, -0.2) is 251 Å². The summed E-state index contributed by atoms with van der Waals surface area (Å²) < 4.78 is 4.96. The summed E-state index contributed by atoms with van der Waals surface area (Å²) in [6, 6.07) is -12.6. The number of hydrogen-bond acceptors (Lipinski definition) is 15. The summed E-state index contributed by atoms with van der Waals surface area (Å²) in [4.78, 5) is 182. The molecule has 1 rings (SSSR count). The first kappa shape index (κ1) is 84.6. The standard InChI is InChI=1S/C67H121N11O15/c1-24-47-63(88)72(17)37-52(80)73(18)48(33-38(2)3)60(85)71-54(42(10)11)66(91)74(19)49(34-39(4)5)59(84)68-45(15)58(83)69-46(16)62(87)75(20)50(35-40(6)7)64(89)76(21)51(36-41(8)9)65(90)77(22)55(43(12)13)67(92)78(23)56(61(86)70-47)57(82)44(14)29-27-25-26-28-30-53(81)93-32-31-79/h38-51,54-57,79,82H,24-37H2,1-23H3,(H,68,84)(H,69,83)(H,70,86)(H,71,85)/t44?,45-,46+,47-,48-,49-,50-,51-,54-,55-,56?,57?/m0/s1. The van der Waals surface area contributed by atoms with Crippen molar-refractivity contribution in [1.82, 2.24) is 55.6 Å². The first-order valence-corrected chi connectivity index (χ1v) is 33.6. The molecule has 6 N–H and O–H groups in total. The van der Waals surface area contributed by atoms with Gasteiger partial charge in [-0.05, 0) is 100 Å². The van der Waals surface area contributed by atoms with Crippen molar-refractivity contribution in [2.24, 2.45) is 41.4 Å². The quantitative estimate of drug-likeness (QED) is 0.0670. The van der Waals surface area contributed by atoms with Crippen LogP contribution in [0.25, 0.3) is 0 Å². The minimum atomic E-state index is -1.66. The number of nitrogens with one attached hydrogen (secondary N) is 4. The highest BCUT2D eigenvalue weighted by Crippen LogP contribution is 2.26. The summed E-state index contributed by atoms with van der Waals surface area (Å²) in [7, 11) is 9.84. The highest BCUT2D eigenvalue weighted by Gasteiger charge is 2.46. The minimum Gasteiger partial charge on any atom is -0.463 e. The lowest BCUT2D eigenvalue weighted by molar-refractivity contribution is -0.157. The molecule has 0 radical (unpaired) electrons. The molecule has 93 heavy (non-hydrogen) atoms. The monoisotopic (exact) mass is 1320 g/mol. The van der Waals surface area contributed by atoms with Crippen molar-refractivity contribution in [1.29, 1.82) is 0 Å². The van der Waals surface area contributed by atoms with Gasteiger partial charge >= 0.3 is 5.97 Å². The lowest BCUT2D eigenvalue weighted by atomic mass is 9.90. The fourth-order valence-electron chi connectivity index (χ4n) is 11.7. The fourth-order valence-corrected chi connectivity index (χ4v) is 11.7. The van der Waals surface area contributed by atoms with Crippen LogP contribution in [0.5, 0.6) is 0 Å². The van der Waals surface area contributed by atoms with Crippen LogP contribution in [0.4, 0.5) is 0 Å². The van der Waals surface area contributed by atoms with E-state index in [9.17, 15) is 43.5 Å². The van der Waals surface area contributed by atoms with Gasteiger partial charge in [0.05, 0.1) is 19.3 Å². The maximum Gasteiger partial charge on any atom is 0.305 e. The number of nitrogens with zero attached hydrogens (tertiary/aromatic N) is 7. The Kier molecular flexibility index (Phi) is 36.4. The molecule has 26 nitrogen and oxygen atoms in total. The predicted molar refractivity (Wildman–Crippen MR) is 355 cm³/mol. The van der Waals surface area contributed by atoms with Gasteiger partial charge in [0.25, 0.3) is 0 Å². The Morgan fingerprint density at radius 2 is 0.925 bits per heavy atom. The molecule has 11 amide bonds. The Balaban J connectivity index is 4.29. The van der Waals surface area contributed by atoms with E-state index in [1.807, 2.05) is 55.4 Å². The van der Waals surface area contributed by atoms with Crippen LogP contribution in [0.1, 0.15) is 181 Å². The third-order valence-corrected chi connectivity index (χ3v) is 17.5. The summed E-state index contributed by atoms with van der Waals surface area (Å²) in [5.74, 6) is -10.5. The Hall–Kier alpha value is -6.44. The molecule has 12 atom stereocenters. The van der Waals surface area contributed by atoms with E-state index in [4.69, 9.17) is 9.84 Å². The Bertz CT molecular complexity index is 2490. The van der Waals surface area contributed by atoms with Crippen LogP contribution in [-0.2, 0) is 62.3 Å². The van der Waals surface area contributed by atoms with Crippen molar-refractivity contribution < 1.29 is 72.5 Å². The van der Waals surface area contributed by atoms with E-state index in [2.05, 4.69) is 21.3 Å². The maximum absolute atomic E-state index is 15.3. The SMILES string of the molecule is CC[C@@H]1NC(=O)C(C(O)C(C)CCCCCCC(=O)OCCO)N(C)C(=O)[C@H](C(C)C)N(C)C(=O)[C@H](CC(C)C)N(C)C(=O)[C@H](CC(C)C)N(C)C(=O)[C@@H](C)NC(=O)[C@H](C)NC(=O)[C@H](CC(C)C)N(C)C(=O)[C@H](C(C)C)NC(=O)[C@H](CC(C)C)N(C)C(=O)CN(C)C1=O. The maximum atomic E-state index is 15.3. The second-order valence-corrected chi connectivity index (χ2v) is 28.2. The number of likely N-dealkylation sites (N-methyl/N-ethyl adjacent to an activating group) is 7. The van der Waals surface area contributed by atoms with Crippen molar-refractivity contribution in [3.05, 3.63) is 0 Å². The number of aliphatic hydroxyl groups is 2. The number of carbonyl (C=O) groups excluding carboxylic acids is 12. The molecule has 1 aliphatic rings. The van der Waals surface area contributed by atoms with Crippen LogP contribution in [0.15, 0.2) is 0 Å². The zero-order valence-electron chi connectivity index (χ0n) is 60.6. The summed E-state index contributed by atoms with van der Waals surface area (Å²) in [6.45, 7) is 27.0. The number of esters is 1. The van der Waals surface area contributed by atoms with Crippen LogP contribution in [0, 0.1) is 41.4 Å². The number of rotatable bonds is 22. The largest absolute Gasteiger partial charge is 0.463 e. The van der Waals surface area contributed by atoms with Gasteiger partial charge in [0.15, 0.2) is 0 Å². The minimum absolute atomic E-state index is 0.00990. The third kappa shape index (κ3) is 25.7. The lowest BCUT2D eigenvalue weighted by Crippen LogP contribution is -2.63. The molecule has 534 valence electrons. The first-order chi connectivity index (χ1) is 43.1. The second kappa shape index (κ2) is 40.1. The van der Waals surface area contributed by atoms with E-state index >= 15 is 19.2 Å². The van der Waals surface area contributed by atoms with Crippen molar-refractivity contribution in [3.8, 4) is 0 Å². The molecule has 0 spiro atoms. The molecule has 1 aliphatic heterocycles. The van der Waals surface area contributed by atoms with Gasteiger partial charge in [0.1, 0.15) is 67.0 Å². The van der Waals surface area contributed by atoms with Crippen LogP contribution in [0.3, 0.4) is 0 Å². The van der Waals surface area contributed by atoms with Gasteiger partial charge in [-0.25, -0.2) is 0 Å². The molecule has 0 aromatic heterocycles. The molecule has 1 fully saturated rings. The lowest BCUT2D eigenvalue weighted by Gasteiger charge is -2.41. The molecule has 1 saturated heterocycles. The first-order valence-electron chi connectivity index (χ1n) is 33.6. The van der Waals surface area contributed by atoms with Crippen molar-refractivity contribution >= 4 is 70.9 Å². The van der Waals surface area contributed by atoms with Crippen molar-refractivity contribution in [3.63, 3.8) is 0 Å². The van der Waals surface area contributed by atoms with Gasteiger partial charge in [-0.3, -0.25) is 57.5 Å². The molecular weight excluding hydrogens is 1200 g/mol. The van der Waals surface area contributed by atoms with E-state index in [-0.39, 0.29) is 75.4 Å². The summed E-state index contributed by atoms with van der Waals surface area (Å²) in [5, 5.41) is 32.4. The fraction of sp³-hybridized carbons (Fsp3) is 0.821. The molecule has 26 heteroatoms. The smallest absolute Gasteiger partial charge is 0.305 e. The van der Waals surface area contributed by atoms with E-state index in [1.54, 1.807) is 41.5 Å². The van der Waals surface area contributed by atoms with Crippen molar-refractivity contribution in [2.45, 2.75) is 248 Å². The van der Waals surface area contributed by atoms with Gasteiger partial charge in [-0.2, -0.15) is 0 Å². The topological polar surface area (TPSA) is 325 Å². The second-order valence-electron chi connectivity index (χ2n) is 28.2. The summed E-state index contributed by atoms with van der Waals surface area (Å²) in [5.41, 5.74) is 0. The van der Waals surface area contributed by atoms with Gasteiger partial charge in [0, 0.05) is 55.8 Å². The molecule has 0 aromatic rings. The predicted octanol–water partition coefficient (Wildman–Crippen LogP) is 3.18. The number of carbonyl (C=O) groups is 12. The zero-order valence-corrected chi connectivity index (χ0v) is 60.6. The van der Waals surface area contributed by atoms with Gasteiger partial charge in [-0.1, -0.05) is 116 Å². The van der Waals surface area contributed by atoms with Crippen LogP contribution in [0.2, 0.25) is 0 Å². The average Bonchev–Trinajstić information content (AvgIpc) is 0.823. The molecule has 0 aliphatic carbocycles. The number of hydrogen-bond donors (Lipinski definition) is 6. The average molecular weight is 1320 g/mol. The highest BCUT2D eigenvalue weighted by molar-refractivity contribution is 5.99. The summed E-state index contributed by atoms with van der Waals surface area (Å²) >= 11 is 0. The number of amides is 11. The van der Waals surface area contributed by atoms with Crippen molar-refractivity contribution in [2.75, 3.05) is 69.1 Å². The third-order valence-electron chi connectivity index (χ3n) is 17.5. The Morgan fingerprint density at radius 3 is 1.41 bits per heavy atom. The Labute approximate surface area is 555 Å². The number of unbranched alkanes of at least 4 members (excludes halogenated alkanes) is 3. The Morgan fingerprint density at radius 1 is 0.484 bits per heavy atom. The molecule has 3 unspecified atom stereocenters. The number of ether oxygens (including phenoxy) is 1. The normalized spacial score (nSPS) is 25.5. The van der Waals surface area contributed by atoms with E-state index in [1.165, 1.54) is 87.7 Å². The van der Waals surface area contributed by atoms with Gasteiger partial charge in [0.2, 0.25) is 65.0 Å². The van der Waals surface area contributed by atoms with Crippen LogP contribution < -0.4 is 21.3 Å². The van der Waals surface area contributed by atoms with E-state index in [0.717, 1.165) is 9.80 Å². The molecular formula is C67H121N11O15. The number of aliphatic hydroxyl groups excluding tert-OH is 2. The van der Waals surface area contributed by atoms with Gasteiger partial charge in [-0.15, -0.1) is 0 Å². The molecule has 0 aromatic carbocycles. The molecule has 0 bridgehead atoms. The van der Waals surface area contributed by atoms with Crippen LogP contribution >= 0.6 is 0 Å². The summed E-state index contributed by atoms with van der Waals surface area (Å²) in [6.07, 6.45) is 1.84. The van der Waals surface area contributed by atoms with E-state index < -0.39 is 162 Å². The zero-order chi connectivity index (χ0) is 71.8. The molecule has 0 saturated carbocycles.